The van der Waals surface area contributed by atoms with Crippen molar-refractivity contribution in [2.24, 2.45) is 5.10 Å². The van der Waals surface area contributed by atoms with Crippen molar-refractivity contribution < 1.29 is 22.7 Å². The zero-order chi connectivity index (χ0) is 19.3. The van der Waals surface area contributed by atoms with E-state index in [1.165, 1.54) is 6.07 Å². The summed E-state index contributed by atoms with van der Waals surface area (Å²) in [5, 5.41) is 10.3. The predicted molar refractivity (Wildman–Crippen MR) is 94.2 cm³/mol. The van der Waals surface area contributed by atoms with E-state index >= 15 is 0 Å². The number of amidine groups is 1. The van der Waals surface area contributed by atoms with Gasteiger partial charge in [-0.3, -0.25) is 4.79 Å². The number of carbonyl (C=O) groups excluding carboxylic acids is 1. The molecule has 1 fully saturated rings. The second kappa shape index (κ2) is 6.29. The topological polar surface area (TPSA) is 78.0 Å². The summed E-state index contributed by atoms with van der Waals surface area (Å²) in [5.74, 6) is -1.10. The molecule has 146 valence electrons. The number of anilines is 2. The van der Waals surface area contributed by atoms with Crippen LogP contribution >= 0.6 is 0 Å². The third-order valence-corrected chi connectivity index (χ3v) is 5.19. The molecule has 3 aliphatic rings. The summed E-state index contributed by atoms with van der Waals surface area (Å²) in [6, 6.07) is 2.58. The third-order valence-electron chi connectivity index (χ3n) is 5.19. The van der Waals surface area contributed by atoms with Crippen molar-refractivity contribution in [3.05, 3.63) is 17.7 Å². The van der Waals surface area contributed by atoms with Gasteiger partial charge in [-0.15, -0.1) is 0 Å². The number of halogens is 3. The average Bonchev–Trinajstić information content (AvgIpc) is 2.58. The van der Waals surface area contributed by atoms with Gasteiger partial charge in [0, 0.05) is 18.8 Å². The van der Waals surface area contributed by atoms with E-state index in [9.17, 15) is 18.0 Å². The molecule has 0 radical (unpaired) electrons. The van der Waals surface area contributed by atoms with Crippen LogP contribution in [0.15, 0.2) is 17.2 Å². The van der Waals surface area contributed by atoms with Crippen molar-refractivity contribution in [1.82, 2.24) is 10.7 Å². The minimum absolute atomic E-state index is 0.0574. The number of hydrazone groups is 1. The molecule has 0 spiro atoms. The molecule has 4 rings (SSSR count). The fourth-order valence-electron chi connectivity index (χ4n) is 3.36. The van der Waals surface area contributed by atoms with Crippen molar-refractivity contribution in [1.29, 1.82) is 0 Å². The molecule has 0 saturated carbocycles. The molecule has 3 N–H and O–H groups in total. The number of amides is 1. The van der Waals surface area contributed by atoms with E-state index in [0.29, 0.717) is 36.0 Å². The van der Waals surface area contributed by atoms with Gasteiger partial charge in [0.05, 0.1) is 17.6 Å². The molecule has 3 aliphatic heterocycles. The molecular formula is C17H20F3N5O2. The van der Waals surface area contributed by atoms with E-state index in [1.807, 2.05) is 0 Å². The van der Waals surface area contributed by atoms with Crippen LogP contribution in [-0.4, -0.2) is 49.7 Å². The minimum atomic E-state index is -4.37. The number of benzene rings is 1. The number of ether oxygens (including phenoxy) is 1. The quantitative estimate of drug-likeness (QED) is 0.742. The van der Waals surface area contributed by atoms with Crippen LogP contribution < -0.4 is 25.7 Å². The van der Waals surface area contributed by atoms with Crippen molar-refractivity contribution in [2.45, 2.75) is 38.0 Å². The maximum Gasteiger partial charge on any atom is 0.395 e. The third kappa shape index (κ3) is 3.07. The van der Waals surface area contributed by atoms with Crippen molar-refractivity contribution in [3.63, 3.8) is 0 Å². The molecular weight excluding hydrogens is 363 g/mol. The number of nitrogens with one attached hydrogen (secondary N) is 3. The van der Waals surface area contributed by atoms with Gasteiger partial charge in [0.15, 0.2) is 5.84 Å². The standard InChI is InChI=1S/C17H20F3N5O2/c1-8(17(18,19)20)11-3-14-13(4-12(11)22-10-5-21-6-10)25-9(2)16(26)24-23-15(25)7-27-14/h3-4,8-10,21-22H,5-7H2,1-2H3,(H,24,26)/t8-,9-/m1/s1. The van der Waals surface area contributed by atoms with Crippen molar-refractivity contribution in [2.75, 3.05) is 29.9 Å². The van der Waals surface area contributed by atoms with Gasteiger partial charge in [-0.25, -0.2) is 5.43 Å². The van der Waals surface area contributed by atoms with Gasteiger partial charge in [-0.05, 0) is 31.5 Å². The Kier molecular flexibility index (Phi) is 4.17. The number of carbonyl (C=O) groups is 1. The van der Waals surface area contributed by atoms with Gasteiger partial charge in [0.25, 0.3) is 5.91 Å². The van der Waals surface area contributed by atoms with Crippen LogP contribution in [-0.2, 0) is 4.79 Å². The smallest absolute Gasteiger partial charge is 0.395 e. The van der Waals surface area contributed by atoms with Gasteiger partial charge in [0.2, 0.25) is 0 Å². The van der Waals surface area contributed by atoms with Crippen LogP contribution in [0.25, 0.3) is 0 Å². The number of alkyl halides is 3. The van der Waals surface area contributed by atoms with Crippen LogP contribution in [0.4, 0.5) is 24.5 Å². The van der Waals surface area contributed by atoms with E-state index < -0.39 is 18.1 Å². The molecule has 3 heterocycles. The molecule has 1 saturated heterocycles. The van der Waals surface area contributed by atoms with E-state index in [1.54, 1.807) is 17.9 Å². The number of nitrogens with zero attached hydrogens (tertiary/aromatic N) is 2. The van der Waals surface area contributed by atoms with Crippen LogP contribution in [0.2, 0.25) is 0 Å². The molecule has 7 nitrogen and oxygen atoms in total. The van der Waals surface area contributed by atoms with Gasteiger partial charge in [-0.1, -0.05) is 0 Å². The molecule has 0 bridgehead atoms. The number of fused-ring (bicyclic) bond motifs is 3. The normalized spacial score (nSPS) is 23.3. The van der Waals surface area contributed by atoms with E-state index in [0.717, 1.165) is 6.92 Å². The lowest BCUT2D eigenvalue weighted by Crippen LogP contribution is -2.55. The van der Waals surface area contributed by atoms with E-state index in [2.05, 4.69) is 21.2 Å². The average molecular weight is 383 g/mol. The molecule has 2 atom stereocenters. The maximum absolute atomic E-state index is 13.4. The van der Waals surface area contributed by atoms with Crippen LogP contribution in [0.5, 0.6) is 5.75 Å². The maximum atomic E-state index is 13.4. The Morgan fingerprint density at radius 2 is 2.11 bits per heavy atom. The van der Waals surface area contributed by atoms with Crippen LogP contribution in [0, 0.1) is 0 Å². The summed E-state index contributed by atoms with van der Waals surface area (Å²) < 4.78 is 45.8. The highest BCUT2D eigenvalue weighted by Crippen LogP contribution is 2.45. The van der Waals surface area contributed by atoms with Gasteiger partial charge >= 0.3 is 6.18 Å². The zero-order valence-electron chi connectivity index (χ0n) is 14.9. The Morgan fingerprint density at radius 1 is 1.37 bits per heavy atom. The highest BCUT2D eigenvalue weighted by atomic mass is 19.4. The molecule has 1 aromatic rings. The summed E-state index contributed by atoms with van der Waals surface area (Å²) in [4.78, 5) is 13.7. The summed E-state index contributed by atoms with van der Waals surface area (Å²) >= 11 is 0. The fraction of sp³-hybridized carbons (Fsp3) is 0.529. The van der Waals surface area contributed by atoms with E-state index in [-0.39, 0.29) is 24.1 Å². The fourth-order valence-corrected chi connectivity index (χ4v) is 3.36. The summed E-state index contributed by atoms with van der Waals surface area (Å²) in [7, 11) is 0. The Hall–Kier alpha value is -2.49. The Morgan fingerprint density at radius 3 is 2.74 bits per heavy atom. The summed E-state index contributed by atoms with van der Waals surface area (Å²) in [5.41, 5.74) is 3.49. The molecule has 0 unspecified atom stereocenters. The lowest BCUT2D eigenvalue weighted by Gasteiger charge is -2.39. The molecule has 10 heteroatoms. The predicted octanol–water partition coefficient (Wildman–Crippen LogP) is 1.77. The van der Waals surface area contributed by atoms with Crippen molar-refractivity contribution >= 4 is 23.1 Å². The lowest BCUT2D eigenvalue weighted by molar-refractivity contribution is -0.146. The molecule has 1 aromatic carbocycles. The summed E-state index contributed by atoms with van der Waals surface area (Å²) in [6.45, 7) is 4.30. The second-order valence-electron chi connectivity index (χ2n) is 7.01. The number of hydrogen-bond donors (Lipinski definition) is 3. The molecule has 0 aromatic heterocycles. The first kappa shape index (κ1) is 17.9. The first-order chi connectivity index (χ1) is 12.8. The minimum Gasteiger partial charge on any atom is -0.483 e. The van der Waals surface area contributed by atoms with E-state index in [4.69, 9.17) is 4.74 Å². The highest BCUT2D eigenvalue weighted by molar-refractivity contribution is 6.09. The summed E-state index contributed by atoms with van der Waals surface area (Å²) in [6.07, 6.45) is -4.37. The number of hydrogen-bond acceptors (Lipinski definition) is 6. The largest absolute Gasteiger partial charge is 0.483 e. The lowest BCUT2D eigenvalue weighted by atomic mass is 9.95. The Bertz CT molecular complexity index is 806. The van der Waals surface area contributed by atoms with Crippen molar-refractivity contribution in [3.8, 4) is 5.75 Å². The number of rotatable bonds is 3. The van der Waals surface area contributed by atoms with Crippen LogP contribution in [0.3, 0.4) is 0 Å². The van der Waals surface area contributed by atoms with Crippen LogP contribution in [0.1, 0.15) is 25.3 Å². The molecule has 1 amide bonds. The zero-order valence-corrected chi connectivity index (χ0v) is 14.9. The second-order valence-corrected chi connectivity index (χ2v) is 7.01. The molecule has 0 aliphatic carbocycles. The highest BCUT2D eigenvalue weighted by Gasteiger charge is 2.41. The monoisotopic (exact) mass is 383 g/mol. The first-order valence-electron chi connectivity index (χ1n) is 8.76. The molecule has 27 heavy (non-hydrogen) atoms. The SMILES string of the molecule is C[C@@H]1C(=O)NN=C2COc3cc([C@@H](C)C(F)(F)F)c(NC4CNC4)cc3N21. The van der Waals surface area contributed by atoms with Gasteiger partial charge in [0.1, 0.15) is 18.4 Å². The van der Waals surface area contributed by atoms with Gasteiger partial charge in [-0.2, -0.15) is 18.3 Å². The first-order valence-corrected chi connectivity index (χ1v) is 8.76. The Balaban J connectivity index is 1.80. The van der Waals surface area contributed by atoms with Gasteiger partial charge < -0.3 is 20.3 Å². The Labute approximate surface area is 153 Å².